The van der Waals surface area contributed by atoms with E-state index < -0.39 is 5.60 Å². The molecule has 1 atom stereocenters. The Morgan fingerprint density at radius 1 is 1.62 bits per heavy atom. The normalized spacial score (nSPS) is 16.4. The molecule has 13 heavy (non-hydrogen) atoms. The molecule has 0 amide bonds. The fraction of sp³-hybridized carbons (Fsp3) is 0.600. The Labute approximate surface area is 79.7 Å². The molecule has 0 saturated carbocycles. The number of ether oxygens (including phenoxy) is 2. The Bertz CT molecular complexity index is 187. The van der Waals surface area contributed by atoms with Crippen LogP contribution >= 0.6 is 0 Å². The Morgan fingerprint density at radius 2 is 2.23 bits per heavy atom. The number of aliphatic hydroxyl groups excluding tert-OH is 1. The summed E-state index contributed by atoms with van der Waals surface area (Å²) in [6.07, 6.45) is 3.81. The van der Waals surface area contributed by atoms with E-state index in [1.54, 1.807) is 20.1 Å². The molecule has 0 aromatic carbocycles. The van der Waals surface area contributed by atoms with Crippen molar-refractivity contribution in [2.75, 3.05) is 13.7 Å². The third kappa shape index (κ3) is 4.58. The lowest BCUT2D eigenvalue weighted by molar-refractivity contribution is -0.0243. The first-order chi connectivity index (χ1) is 6.08. The van der Waals surface area contributed by atoms with Crippen LogP contribution in [0.15, 0.2) is 24.7 Å². The van der Waals surface area contributed by atoms with Gasteiger partial charge in [-0.1, -0.05) is 6.58 Å². The molecule has 0 bridgehead atoms. The first-order valence-electron chi connectivity index (χ1n) is 4.25. The van der Waals surface area contributed by atoms with E-state index in [0.717, 1.165) is 0 Å². The predicted molar refractivity (Wildman–Crippen MR) is 52.6 cm³/mol. The van der Waals surface area contributed by atoms with Crippen LogP contribution in [-0.2, 0) is 9.47 Å². The van der Waals surface area contributed by atoms with E-state index >= 15 is 0 Å². The molecule has 3 heteroatoms. The summed E-state index contributed by atoms with van der Waals surface area (Å²) in [5, 5.41) is 9.17. The Morgan fingerprint density at radius 3 is 2.62 bits per heavy atom. The van der Waals surface area contributed by atoms with Crippen molar-refractivity contribution in [2.45, 2.75) is 25.9 Å². The molecular formula is C10H18O3. The van der Waals surface area contributed by atoms with Crippen LogP contribution in [0.2, 0.25) is 0 Å². The maximum absolute atomic E-state index is 9.17. The minimum absolute atomic E-state index is 0.0847. The maximum Gasteiger partial charge on any atom is 0.272 e. The van der Waals surface area contributed by atoms with Gasteiger partial charge in [0.25, 0.3) is 5.95 Å². The zero-order valence-electron chi connectivity index (χ0n) is 8.54. The van der Waals surface area contributed by atoms with Gasteiger partial charge >= 0.3 is 0 Å². The van der Waals surface area contributed by atoms with Gasteiger partial charge < -0.3 is 14.6 Å². The highest BCUT2D eigenvalue weighted by molar-refractivity contribution is 4.97. The molecule has 0 fully saturated rings. The summed E-state index contributed by atoms with van der Waals surface area (Å²) in [6.45, 7) is 7.77. The number of hydrogen-bond acceptors (Lipinski definition) is 3. The van der Waals surface area contributed by atoms with Crippen molar-refractivity contribution < 1.29 is 14.6 Å². The summed E-state index contributed by atoms with van der Waals surface area (Å²) in [5.74, 6) is -0.0847. The molecular weight excluding hydrogens is 168 g/mol. The van der Waals surface area contributed by atoms with Crippen molar-refractivity contribution >= 4 is 0 Å². The van der Waals surface area contributed by atoms with E-state index in [1.165, 1.54) is 6.08 Å². The first kappa shape index (κ1) is 12.0. The van der Waals surface area contributed by atoms with Crippen LogP contribution in [0.5, 0.6) is 0 Å². The van der Waals surface area contributed by atoms with Gasteiger partial charge in [0.1, 0.15) is 5.60 Å². The molecule has 0 aliphatic carbocycles. The van der Waals surface area contributed by atoms with Crippen molar-refractivity contribution in [1.82, 2.24) is 0 Å². The molecule has 76 valence electrons. The van der Waals surface area contributed by atoms with Gasteiger partial charge in [0.2, 0.25) is 0 Å². The lowest BCUT2D eigenvalue weighted by Gasteiger charge is -2.26. The molecule has 0 radical (unpaired) electrons. The fourth-order valence-corrected chi connectivity index (χ4v) is 0.797. The van der Waals surface area contributed by atoms with Gasteiger partial charge in [-0.05, 0) is 26.0 Å². The second kappa shape index (κ2) is 5.65. The van der Waals surface area contributed by atoms with E-state index in [0.29, 0.717) is 13.0 Å². The summed E-state index contributed by atoms with van der Waals surface area (Å²) in [7, 11) is 1.62. The van der Waals surface area contributed by atoms with Gasteiger partial charge in [0.15, 0.2) is 0 Å². The average Bonchev–Trinajstić information content (AvgIpc) is 2.14. The number of allylic oxidation sites excluding steroid dienone is 1. The van der Waals surface area contributed by atoms with Crippen LogP contribution in [0.1, 0.15) is 20.3 Å². The van der Waals surface area contributed by atoms with E-state index in [9.17, 15) is 5.11 Å². The quantitative estimate of drug-likeness (QED) is 0.511. The predicted octanol–water partition coefficient (Wildman–Crippen LogP) is 2.40. The lowest BCUT2D eigenvalue weighted by Crippen LogP contribution is -2.27. The zero-order chi connectivity index (χ0) is 10.3. The molecule has 0 rings (SSSR count). The number of hydrogen-bond donors (Lipinski definition) is 1. The zero-order valence-corrected chi connectivity index (χ0v) is 8.54. The topological polar surface area (TPSA) is 38.7 Å². The molecule has 0 spiro atoms. The smallest absolute Gasteiger partial charge is 0.272 e. The molecule has 0 aliphatic heterocycles. The van der Waals surface area contributed by atoms with Crippen molar-refractivity contribution in [3.05, 3.63) is 24.7 Å². The largest absolute Gasteiger partial charge is 0.481 e. The molecule has 0 aliphatic rings. The highest BCUT2D eigenvalue weighted by Crippen LogP contribution is 2.19. The number of rotatable bonds is 6. The van der Waals surface area contributed by atoms with Crippen LogP contribution in [0.3, 0.4) is 0 Å². The molecule has 3 nitrogen and oxygen atoms in total. The van der Waals surface area contributed by atoms with Gasteiger partial charge in [0.05, 0.1) is 6.61 Å². The fourth-order valence-electron chi connectivity index (χ4n) is 0.797. The van der Waals surface area contributed by atoms with Crippen molar-refractivity contribution in [3.8, 4) is 0 Å². The third-order valence-electron chi connectivity index (χ3n) is 1.82. The molecule has 1 unspecified atom stereocenters. The van der Waals surface area contributed by atoms with Crippen molar-refractivity contribution in [2.24, 2.45) is 0 Å². The second-order valence-electron chi connectivity index (χ2n) is 2.99. The van der Waals surface area contributed by atoms with Crippen LogP contribution < -0.4 is 0 Å². The van der Waals surface area contributed by atoms with Crippen molar-refractivity contribution in [3.63, 3.8) is 0 Å². The third-order valence-corrected chi connectivity index (χ3v) is 1.82. The minimum Gasteiger partial charge on any atom is -0.481 e. The molecule has 0 aromatic rings. The molecule has 0 heterocycles. The minimum atomic E-state index is -0.563. The summed E-state index contributed by atoms with van der Waals surface area (Å²) in [4.78, 5) is 0. The monoisotopic (exact) mass is 186 g/mol. The highest BCUT2D eigenvalue weighted by atomic mass is 16.6. The summed E-state index contributed by atoms with van der Waals surface area (Å²) < 4.78 is 10.2. The van der Waals surface area contributed by atoms with E-state index in [4.69, 9.17) is 9.47 Å². The summed E-state index contributed by atoms with van der Waals surface area (Å²) in [6, 6.07) is 0. The van der Waals surface area contributed by atoms with Crippen LogP contribution in [0.25, 0.3) is 0 Å². The highest BCUT2D eigenvalue weighted by Gasteiger charge is 2.22. The number of aliphatic hydroxyl groups is 1. The maximum atomic E-state index is 9.17. The number of methoxy groups -OCH3 is 1. The standard InChI is InChI=1S/C10H18O3/c1-5-9(11)13-10(3,6-2)7-8-12-4/h5-6,11H,2,7-8H2,1,3-4H3/b9-5+. The van der Waals surface area contributed by atoms with Gasteiger partial charge in [-0.2, -0.15) is 0 Å². The second-order valence-corrected chi connectivity index (χ2v) is 2.99. The average molecular weight is 186 g/mol. The van der Waals surface area contributed by atoms with Gasteiger partial charge in [-0.15, -0.1) is 0 Å². The van der Waals surface area contributed by atoms with Gasteiger partial charge in [0, 0.05) is 13.5 Å². The van der Waals surface area contributed by atoms with Gasteiger partial charge in [-0.3, -0.25) is 0 Å². The summed E-state index contributed by atoms with van der Waals surface area (Å²) >= 11 is 0. The van der Waals surface area contributed by atoms with Crippen LogP contribution in [-0.4, -0.2) is 24.4 Å². The van der Waals surface area contributed by atoms with E-state index in [-0.39, 0.29) is 5.95 Å². The molecule has 0 saturated heterocycles. The van der Waals surface area contributed by atoms with Gasteiger partial charge in [-0.25, -0.2) is 0 Å². The lowest BCUT2D eigenvalue weighted by atomic mass is 10.0. The SMILES string of the molecule is C=CC(C)(CCOC)O/C(O)=C/C. The first-order valence-corrected chi connectivity index (χ1v) is 4.25. The van der Waals surface area contributed by atoms with E-state index in [1.807, 2.05) is 6.92 Å². The Balaban J connectivity index is 4.18. The molecule has 0 aromatic heterocycles. The molecule has 1 N–H and O–H groups in total. The Kier molecular flexibility index (Phi) is 5.23. The van der Waals surface area contributed by atoms with Crippen molar-refractivity contribution in [1.29, 1.82) is 0 Å². The van der Waals surface area contributed by atoms with Crippen LogP contribution in [0.4, 0.5) is 0 Å². The summed E-state index contributed by atoms with van der Waals surface area (Å²) in [5.41, 5.74) is -0.563. The van der Waals surface area contributed by atoms with Crippen LogP contribution in [0, 0.1) is 0 Å². The van der Waals surface area contributed by atoms with E-state index in [2.05, 4.69) is 6.58 Å². The Hall–Kier alpha value is -0.960.